The molecule has 0 radical (unpaired) electrons. The van der Waals surface area contributed by atoms with Crippen molar-refractivity contribution < 1.29 is 4.74 Å². The first-order chi connectivity index (χ1) is 10.3. The van der Waals surface area contributed by atoms with Gasteiger partial charge < -0.3 is 10.1 Å². The molecular formula is C18H20BrNO. The predicted molar refractivity (Wildman–Crippen MR) is 89.8 cm³/mol. The summed E-state index contributed by atoms with van der Waals surface area (Å²) in [4.78, 5) is 0. The van der Waals surface area contributed by atoms with Gasteiger partial charge in [-0.25, -0.2) is 0 Å². The van der Waals surface area contributed by atoms with Crippen molar-refractivity contribution in [3.63, 3.8) is 0 Å². The van der Waals surface area contributed by atoms with Crippen LogP contribution in [0.5, 0.6) is 5.75 Å². The molecule has 0 amide bonds. The Morgan fingerprint density at radius 3 is 2.52 bits per heavy atom. The molecule has 1 unspecified atom stereocenters. The van der Waals surface area contributed by atoms with Crippen molar-refractivity contribution in [1.82, 2.24) is 5.32 Å². The first kappa shape index (κ1) is 14.6. The summed E-state index contributed by atoms with van der Waals surface area (Å²) < 4.78 is 6.92. The van der Waals surface area contributed by atoms with Gasteiger partial charge in [-0.1, -0.05) is 47.1 Å². The highest BCUT2D eigenvalue weighted by Gasteiger charge is 2.23. The predicted octanol–water partition coefficient (Wildman–Crippen LogP) is 4.69. The number of rotatable bonds is 6. The molecule has 1 atom stereocenters. The van der Waals surface area contributed by atoms with Crippen LogP contribution in [0.1, 0.15) is 36.9 Å². The summed E-state index contributed by atoms with van der Waals surface area (Å²) in [6, 6.07) is 17.1. The van der Waals surface area contributed by atoms with Gasteiger partial charge >= 0.3 is 0 Å². The van der Waals surface area contributed by atoms with E-state index in [1.807, 2.05) is 0 Å². The lowest BCUT2D eigenvalue weighted by Crippen LogP contribution is -2.21. The maximum Gasteiger partial charge on any atom is 0.119 e. The lowest BCUT2D eigenvalue weighted by atomic mass is 9.98. The summed E-state index contributed by atoms with van der Waals surface area (Å²) in [6.45, 7) is 3.06. The number of hydrogen-bond donors (Lipinski definition) is 1. The Balaban J connectivity index is 1.82. The Kier molecular flexibility index (Phi) is 4.61. The molecule has 0 spiro atoms. The minimum atomic E-state index is 0.211. The quantitative estimate of drug-likeness (QED) is 0.819. The van der Waals surface area contributed by atoms with Crippen LogP contribution in [0.3, 0.4) is 0 Å². The largest absolute Gasteiger partial charge is 0.490 e. The van der Waals surface area contributed by atoms with E-state index in [1.165, 1.54) is 24.0 Å². The second kappa shape index (κ2) is 6.63. The summed E-state index contributed by atoms with van der Waals surface area (Å²) in [5.41, 5.74) is 2.53. The molecule has 3 rings (SSSR count). The van der Waals surface area contributed by atoms with Gasteiger partial charge in [0.2, 0.25) is 0 Å². The number of nitrogens with one attached hydrogen (secondary N) is 1. The Hall–Kier alpha value is -1.32. The first-order valence-electron chi connectivity index (χ1n) is 7.51. The molecule has 1 aliphatic carbocycles. The van der Waals surface area contributed by atoms with Crippen LogP contribution in [-0.4, -0.2) is 12.6 Å². The number of halogens is 1. The van der Waals surface area contributed by atoms with Crippen LogP contribution in [0.25, 0.3) is 0 Å². The maximum absolute atomic E-state index is 5.82. The molecule has 2 aromatic carbocycles. The van der Waals surface area contributed by atoms with Gasteiger partial charge in [0.25, 0.3) is 0 Å². The van der Waals surface area contributed by atoms with Crippen LogP contribution in [0.15, 0.2) is 53.0 Å². The fourth-order valence-electron chi connectivity index (χ4n) is 2.44. The van der Waals surface area contributed by atoms with Crippen molar-refractivity contribution in [3.05, 3.63) is 64.1 Å². The van der Waals surface area contributed by atoms with Gasteiger partial charge in [-0.2, -0.15) is 0 Å². The summed E-state index contributed by atoms with van der Waals surface area (Å²) in [5, 5.41) is 3.55. The molecule has 0 aromatic heterocycles. The summed E-state index contributed by atoms with van der Waals surface area (Å²) in [7, 11) is 0. The average molecular weight is 346 g/mol. The molecule has 3 heteroatoms. The molecular weight excluding hydrogens is 326 g/mol. The zero-order valence-corrected chi connectivity index (χ0v) is 13.8. The van der Waals surface area contributed by atoms with E-state index in [1.54, 1.807) is 0 Å². The van der Waals surface area contributed by atoms with Crippen LogP contribution >= 0.6 is 15.9 Å². The molecule has 2 nitrogen and oxygen atoms in total. The highest BCUT2D eigenvalue weighted by molar-refractivity contribution is 9.10. The third-order valence-corrected chi connectivity index (χ3v) is 4.12. The van der Waals surface area contributed by atoms with E-state index in [2.05, 4.69) is 76.7 Å². The lowest BCUT2D eigenvalue weighted by molar-refractivity contribution is 0.303. The minimum absolute atomic E-state index is 0.211. The van der Waals surface area contributed by atoms with Gasteiger partial charge in [-0.05, 0) is 54.8 Å². The molecule has 21 heavy (non-hydrogen) atoms. The monoisotopic (exact) mass is 345 g/mol. The van der Waals surface area contributed by atoms with Crippen molar-refractivity contribution in [3.8, 4) is 5.75 Å². The Bertz CT molecular complexity index is 592. The van der Waals surface area contributed by atoms with Gasteiger partial charge in [-0.3, -0.25) is 0 Å². The van der Waals surface area contributed by atoms with Gasteiger partial charge in [0.15, 0.2) is 0 Å². The highest BCUT2D eigenvalue weighted by atomic mass is 79.9. The highest BCUT2D eigenvalue weighted by Crippen LogP contribution is 2.29. The average Bonchev–Trinajstić information content (AvgIpc) is 3.30. The molecule has 0 saturated heterocycles. The Morgan fingerprint density at radius 2 is 1.90 bits per heavy atom. The second-order valence-corrected chi connectivity index (χ2v) is 6.35. The van der Waals surface area contributed by atoms with E-state index in [4.69, 9.17) is 4.74 Å². The molecule has 1 aliphatic rings. The van der Waals surface area contributed by atoms with E-state index in [9.17, 15) is 0 Å². The van der Waals surface area contributed by atoms with Crippen LogP contribution < -0.4 is 10.1 Å². The fourth-order valence-corrected chi connectivity index (χ4v) is 2.85. The standard InChI is InChI=1S/C18H20BrNO/c1-2-20-18(14-4-3-5-15(19)12-14)13-6-8-16(9-7-13)21-17-10-11-17/h3-9,12,17-18,20H,2,10-11H2,1H3. The summed E-state index contributed by atoms with van der Waals surface area (Å²) >= 11 is 3.55. The van der Waals surface area contributed by atoms with Crippen molar-refractivity contribution in [2.75, 3.05) is 6.54 Å². The Labute approximate surface area is 134 Å². The molecule has 0 aliphatic heterocycles. The van der Waals surface area contributed by atoms with Gasteiger partial charge in [0, 0.05) is 4.47 Å². The smallest absolute Gasteiger partial charge is 0.119 e. The van der Waals surface area contributed by atoms with Crippen LogP contribution in [-0.2, 0) is 0 Å². The first-order valence-corrected chi connectivity index (χ1v) is 8.31. The van der Waals surface area contributed by atoms with Crippen LogP contribution in [0, 0.1) is 0 Å². The zero-order valence-electron chi connectivity index (χ0n) is 12.2. The van der Waals surface area contributed by atoms with Gasteiger partial charge in [0.1, 0.15) is 5.75 Å². The fraction of sp³-hybridized carbons (Fsp3) is 0.333. The molecule has 1 saturated carbocycles. The molecule has 0 heterocycles. The molecule has 1 N–H and O–H groups in total. The van der Waals surface area contributed by atoms with E-state index < -0.39 is 0 Å². The normalized spacial score (nSPS) is 15.7. The molecule has 1 fully saturated rings. The van der Waals surface area contributed by atoms with Gasteiger partial charge in [-0.15, -0.1) is 0 Å². The van der Waals surface area contributed by atoms with Crippen LogP contribution in [0.4, 0.5) is 0 Å². The third kappa shape index (κ3) is 3.86. The SMILES string of the molecule is CCNC(c1ccc(OC2CC2)cc1)c1cccc(Br)c1. The second-order valence-electron chi connectivity index (χ2n) is 5.43. The van der Waals surface area contributed by atoms with E-state index in [0.29, 0.717) is 6.10 Å². The molecule has 2 aromatic rings. The molecule has 110 valence electrons. The Morgan fingerprint density at radius 1 is 1.14 bits per heavy atom. The van der Waals surface area contributed by atoms with E-state index in [0.717, 1.165) is 16.8 Å². The number of benzene rings is 2. The van der Waals surface area contributed by atoms with E-state index in [-0.39, 0.29) is 6.04 Å². The van der Waals surface area contributed by atoms with Gasteiger partial charge in [0.05, 0.1) is 12.1 Å². The van der Waals surface area contributed by atoms with Crippen molar-refractivity contribution in [1.29, 1.82) is 0 Å². The summed E-state index contributed by atoms with van der Waals surface area (Å²) in [6.07, 6.45) is 2.84. The number of ether oxygens (including phenoxy) is 1. The topological polar surface area (TPSA) is 21.3 Å². The zero-order chi connectivity index (χ0) is 14.7. The van der Waals surface area contributed by atoms with Crippen molar-refractivity contribution in [2.24, 2.45) is 0 Å². The molecule has 0 bridgehead atoms. The lowest BCUT2D eigenvalue weighted by Gasteiger charge is -2.19. The summed E-state index contributed by atoms with van der Waals surface area (Å²) in [5.74, 6) is 0.978. The maximum atomic E-state index is 5.82. The third-order valence-electron chi connectivity index (χ3n) is 3.63. The van der Waals surface area contributed by atoms with Crippen molar-refractivity contribution >= 4 is 15.9 Å². The minimum Gasteiger partial charge on any atom is -0.490 e. The number of hydrogen-bond acceptors (Lipinski definition) is 2. The van der Waals surface area contributed by atoms with E-state index >= 15 is 0 Å². The van der Waals surface area contributed by atoms with Crippen molar-refractivity contribution in [2.45, 2.75) is 31.9 Å². The van der Waals surface area contributed by atoms with Crippen LogP contribution in [0.2, 0.25) is 0 Å².